The number of para-hydroxylation sites is 1. The second-order valence-electron chi connectivity index (χ2n) is 6.20. The molecular weight excluding hydrogens is 408 g/mol. The van der Waals surface area contributed by atoms with Crippen molar-refractivity contribution in [2.75, 3.05) is 11.1 Å². The quantitative estimate of drug-likeness (QED) is 0.323. The molecule has 0 aliphatic heterocycles. The van der Waals surface area contributed by atoms with Gasteiger partial charge < -0.3 is 9.73 Å². The second-order valence-corrected chi connectivity index (χ2v) is 7.58. The number of allylic oxidation sites excluding steroid dienone is 1. The predicted octanol–water partition coefficient (Wildman–Crippen LogP) is 5.26. The van der Waals surface area contributed by atoms with E-state index in [-0.39, 0.29) is 11.7 Å². The molecule has 0 spiro atoms. The molecule has 2 aromatic heterocycles. The first-order valence-electron chi connectivity index (χ1n) is 8.85. The van der Waals surface area contributed by atoms with Crippen LogP contribution < -0.4 is 5.32 Å². The molecular formula is C21H17ClN4O2S. The largest absolute Gasteiger partial charge is 0.453 e. The van der Waals surface area contributed by atoms with Gasteiger partial charge in [0.1, 0.15) is 5.58 Å². The zero-order valence-electron chi connectivity index (χ0n) is 15.3. The molecule has 8 heteroatoms. The molecule has 146 valence electrons. The van der Waals surface area contributed by atoms with Crippen molar-refractivity contribution in [2.24, 2.45) is 0 Å². The van der Waals surface area contributed by atoms with Gasteiger partial charge in [-0.25, -0.2) is 0 Å². The van der Waals surface area contributed by atoms with Crippen LogP contribution in [0, 0.1) is 0 Å². The number of anilines is 1. The monoisotopic (exact) mass is 424 g/mol. The zero-order chi connectivity index (χ0) is 20.2. The number of thioether (sulfide) groups is 1. The molecule has 0 bridgehead atoms. The minimum absolute atomic E-state index is 0.157. The average molecular weight is 425 g/mol. The number of rotatable bonds is 7. The fourth-order valence-corrected chi connectivity index (χ4v) is 3.79. The molecule has 2 heterocycles. The lowest BCUT2D eigenvalue weighted by Gasteiger charge is -2.07. The topological polar surface area (TPSA) is 73.0 Å². The van der Waals surface area contributed by atoms with Crippen LogP contribution in [0.25, 0.3) is 22.6 Å². The van der Waals surface area contributed by atoms with E-state index in [0.29, 0.717) is 34.0 Å². The Bertz CT molecular complexity index is 1150. The first-order valence-corrected chi connectivity index (χ1v) is 10.2. The summed E-state index contributed by atoms with van der Waals surface area (Å²) in [6.07, 6.45) is 1.76. The summed E-state index contributed by atoms with van der Waals surface area (Å²) < 4.78 is 7.79. The van der Waals surface area contributed by atoms with Gasteiger partial charge in [0.25, 0.3) is 0 Å². The Morgan fingerprint density at radius 3 is 2.86 bits per heavy atom. The van der Waals surface area contributed by atoms with Gasteiger partial charge in [-0.1, -0.05) is 53.7 Å². The average Bonchev–Trinajstić information content (AvgIpc) is 3.30. The number of nitrogens with zero attached hydrogens (tertiary/aromatic N) is 3. The molecule has 0 saturated heterocycles. The van der Waals surface area contributed by atoms with Crippen molar-refractivity contribution in [1.29, 1.82) is 0 Å². The van der Waals surface area contributed by atoms with E-state index in [9.17, 15) is 4.79 Å². The molecule has 4 rings (SSSR count). The number of amides is 1. The van der Waals surface area contributed by atoms with Gasteiger partial charge in [0.2, 0.25) is 11.7 Å². The number of hydrogen-bond acceptors (Lipinski definition) is 5. The molecule has 0 atom stereocenters. The summed E-state index contributed by atoms with van der Waals surface area (Å²) in [4.78, 5) is 12.3. The van der Waals surface area contributed by atoms with E-state index in [1.165, 1.54) is 11.8 Å². The van der Waals surface area contributed by atoms with E-state index in [1.54, 1.807) is 30.3 Å². The first-order chi connectivity index (χ1) is 14.1. The predicted molar refractivity (Wildman–Crippen MR) is 116 cm³/mol. The highest BCUT2D eigenvalue weighted by molar-refractivity contribution is 7.99. The van der Waals surface area contributed by atoms with Crippen LogP contribution in [-0.2, 0) is 11.3 Å². The summed E-state index contributed by atoms with van der Waals surface area (Å²) in [5.74, 6) is 1.24. The van der Waals surface area contributed by atoms with Gasteiger partial charge in [-0.15, -0.1) is 16.8 Å². The summed E-state index contributed by atoms with van der Waals surface area (Å²) in [5, 5.41) is 13.5. The zero-order valence-corrected chi connectivity index (χ0v) is 16.9. The summed E-state index contributed by atoms with van der Waals surface area (Å²) in [5.41, 5.74) is 1.43. The van der Waals surface area contributed by atoms with Gasteiger partial charge in [0.15, 0.2) is 10.9 Å². The van der Waals surface area contributed by atoms with E-state index in [1.807, 2.05) is 34.9 Å². The summed E-state index contributed by atoms with van der Waals surface area (Å²) in [7, 11) is 0. The number of halogens is 1. The van der Waals surface area contributed by atoms with Crippen LogP contribution in [-0.4, -0.2) is 26.4 Å². The van der Waals surface area contributed by atoms with Crippen LogP contribution in [0.5, 0.6) is 0 Å². The molecule has 0 aliphatic carbocycles. The van der Waals surface area contributed by atoms with E-state index in [2.05, 4.69) is 22.1 Å². The number of carbonyl (C=O) groups excluding carboxylic acids is 1. The summed E-state index contributed by atoms with van der Waals surface area (Å²) in [6.45, 7) is 4.30. The first kappa shape index (κ1) is 19.3. The van der Waals surface area contributed by atoms with Crippen LogP contribution in [0.3, 0.4) is 0 Å². The van der Waals surface area contributed by atoms with Crippen LogP contribution >= 0.6 is 23.4 Å². The van der Waals surface area contributed by atoms with Gasteiger partial charge in [-0.2, -0.15) is 0 Å². The van der Waals surface area contributed by atoms with E-state index in [0.717, 1.165) is 11.0 Å². The fourth-order valence-electron chi connectivity index (χ4n) is 2.86. The lowest BCUT2D eigenvalue weighted by molar-refractivity contribution is -0.113. The molecule has 1 N–H and O–H groups in total. The summed E-state index contributed by atoms with van der Waals surface area (Å²) in [6, 6.07) is 16.7. The lowest BCUT2D eigenvalue weighted by Crippen LogP contribution is -2.14. The maximum absolute atomic E-state index is 12.3. The van der Waals surface area contributed by atoms with Crippen LogP contribution in [0.4, 0.5) is 5.69 Å². The number of fused-ring (bicyclic) bond motifs is 1. The molecule has 2 aromatic carbocycles. The Labute approximate surface area is 176 Å². The lowest BCUT2D eigenvalue weighted by atomic mass is 10.2. The van der Waals surface area contributed by atoms with Crippen molar-refractivity contribution in [1.82, 2.24) is 14.8 Å². The van der Waals surface area contributed by atoms with Gasteiger partial charge >= 0.3 is 0 Å². The Morgan fingerprint density at radius 2 is 2.07 bits per heavy atom. The SMILES string of the molecule is C=CCn1c(SCC(=O)Nc2cccc(Cl)c2)nnc1-c1cc2ccccc2o1. The van der Waals surface area contributed by atoms with E-state index < -0.39 is 0 Å². The van der Waals surface area contributed by atoms with Crippen LogP contribution in [0.15, 0.2) is 76.8 Å². The molecule has 0 fully saturated rings. The van der Waals surface area contributed by atoms with Crippen molar-refractivity contribution in [3.05, 3.63) is 72.3 Å². The molecule has 0 aliphatic rings. The summed E-state index contributed by atoms with van der Waals surface area (Å²) >= 11 is 7.25. The van der Waals surface area contributed by atoms with Crippen molar-refractivity contribution < 1.29 is 9.21 Å². The van der Waals surface area contributed by atoms with Crippen molar-refractivity contribution in [3.8, 4) is 11.6 Å². The second kappa shape index (κ2) is 8.55. The van der Waals surface area contributed by atoms with Crippen molar-refractivity contribution in [2.45, 2.75) is 11.7 Å². The van der Waals surface area contributed by atoms with Gasteiger partial charge in [0.05, 0.1) is 5.75 Å². The Balaban J connectivity index is 1.52. The molecule has 0 saturated carbocycles. The smallest absolute Gasteiger partial charge is 0.234 e. The van der Waals surface area contributed by atoms with Gasteiger partial charge in [-0.05, 0) is 30.3 Å². The van der Waals surface area contributed by atoms with Gasteiger partial charge in [0, 0.05) is 22.6 Å². The minimum Gasteiger partial charge on any atom is -0.453 e. The minimum atomic E-state index is -0.157. The maximum atomic E-state index is 12.3. The number of hydrogen-bond donors (Lipinski definition) is 1. The molecule has 4 aromatic rings. The number of carbonyl (C=O) groups is 1. The van der Waals surface area contributed by atoms with E-state index >= 15 is 0 Å². The fraction of sp³-hybridized carbons (Fsp3) is 0.0952. The highest BCUT2D eigenvalue weighted by atomic mass is 35.5. The molecule has 6 nitrogen and oxygen atoms in total. The highest BCUT2D eigenvalue weighted by Gasteiger charge is 2.18. The molecule has 0 radical (unpaired) electrons. The third-order valence-corrected chi connectivity index (χ3v) is 5.32. The van der Waals surface area contributed by atoms with E-state index in [4.69, 9.17) is 16.0 Å². The Kier molecular flexibility index (Phi) is 5.69. The third kappa shape index (κ3) is 4.36. The number of furan rings is 1. The van der Waals surface area contributed by atoms with Gasteiger partial charge in [-0.3, -0.25) is 9.36 Å². The Hall–Kier alpha value is -3.03. The standard InChI is InChI=1S/C21H17ClN4O2S/c1-2-10-26-20(18-11-14-6-3-4-9-17(14)28-18)24-25-21(26)29-13-19(27)23-16-8-5-7-15(22)12-16/h2-9,11-12H,1,10,13H2,(H,23,27). The van der Waals surface area contributed by atoms with Crippen molar-refractivity contribution in [3.63, 3.8) is 0 Å². The third-order valence-electron chi connectivity index (χ3n) is 4.12. The number of benzene rings is 2. The van der Waals surface area contributed by atoms with Crippen LogP contribution in [0.2, 0.25) is 5.02 Å². The maximum Gasteiger partial charge on any atom is 0.234 e. The molecule has 0 unspecified atom stereocenters. The Morgan fingerprint density at radius 1 is 1.21 bits per heavy atom. The number of aromatic nitrogens is 3. The van der Waals surface area contributed by atoms with Crippen LogP contribution in [0.1, 0.15) is 0 Å². The highest BCUT2D eigenvalue weighted by Crippen LogP contribution is 2.29. The molecule has 29 heavy (non-hydrogen) atoms. The van der Waals surface area contributed by atoms with Crippen molar-refractivity contribution >= 4 is 45.9 Å². The normalized spacial score (nSPS) is 10.9. The number of nitrogens with one attached hydrogen (secondary N) is 1. The molecule has 1 amide bonds.